The van der Waals surface area contributed by atoms with Crippen LogP contribution in [0, 0.1) is 0 Å². The van der Waals surface area contributed by atoms with E-state index in [0.717, 1.165) is 43.5 Å². The van der Waals surface area contributed by atoms with Crippen LogP contribution in [0.15, 0.2) is 6.07 Å². The molecule has 0 saturated heterocycles. The smallest absolute Gasteiger partial charge is 0.263 e. The van der Waals surface area contributed by atoms with E-state index in [4.69, 9.17) is 5.11 Å². The van der Waals surface area contributed by atoms with E-state index in [2.05, 4.69) is 6.07 Å². The molecule has 0 saturated carbocycles. The summed E-state index contributed by atoms with van der Waals surface area (Å²) in [6, 6.07) is 2.14. The number of hydrogen-bond acceptors (Lipinski definition) is 3. The van der Waals surface area contributed by atoms with Gasteiger partial charge in [-0.25, -0.2) is 0 Å². The van der Waals surface area contributed by atoms with Crippen molar-refractivity contribution >= 4 is 17.2 Å². The quantitative estimate of drug-likeness (QED) is 0.815. The first-order valence-corrected chi connectivity index (χ1v) is 9.02. The number of nitrogens with zero attached hydrogens (tertiary/aromatic N) is 1. The molecular weight excluding hydrogens is 282 g/mol. The van der Waals surface area contributed by atoms with Crippen molar-refractivity contribution in [1.29, 1.82) is 0 Å². The average molecular weight is 309 g/mol. The number of hydrogen-bond donors (Lipinski definition) is 1. The molecule has 4 heteroatoms. The van der Waals surface area contributed by atoms with Crippen molar-refractivity contribution in [3.63, 3.8) is 0 Å². The lowest BCUT2D eigenvalue weighted by Crippen LogP contribution is -2.27. The number of unbranched alkanes of at least 4 members (excludes halogenated alkanes) is 2. The van der Waals surface area contributed by atoms with Gasteiger partial charge in [-0.15, -0.1) is 11.3 Å². The molecule has 118 valence electrons. The van der Waals surface area contributed by atoms with Gasteiger partial charge >= 0.3 is 0 Å². The number of aryl methyl sites for hydroxylation is 2. The Hall–Kier alpha value is -0.870. The average Bonchev–Trinajstić information content (AvgIpc) is 2.85. The van der Waals surface area contributed by atoms with Crippen LogP contribution >= 0.6 is 11.3 Å². The molecule has 2 rings (SSSR count). The SMILES string of the molecule is CN(CCCCCO)C(=O)c1cc2c(s1)CCCCCC2. The molecule has 1 heterocycles. The molecule has 0 bridgehead atoms. The molecule has 0 unspecified atom stereocenters. The van der Waals surface area contributed by atoms with Crippen molar-refractivity contribution < 1.29 is 9.90 Å². The first kappa shape index (κ1) is 16.5. The summed E-state index contributed by atoms with van der Waals surface area (Å²) in [6.45, 7) is 1.02. The maximum atomic E-state index is 12.5. The number of carbonyl (C=O) groups excluding carboxylic acids is 1. The second-order valence-electron chi connectivity index (χ2n) is 5.98. The zero-order valence-electron chi connectivity index (χ0n) is 13.1. The number of thiophene rings is 1. The van der Waals surface area contributed by atoms with Crippen molar-refractivity contribution in [2.24, 2.45) is 0 Å². The van der Waals surface area contributed by atoms with Crippen LogP contribution in [0.3, 0.4) is 0 Å². The number of carbonyl (C=O) groups is 1. The molecule has 0 spiro atoms. The van der Waals surface area contributed by atoms with Crippen molar-refractivity contribution in [2.75, 3.05) is 20.2 Å². The number of rotatable bonds is 6. The van der Waals surface area contributed by atoms with E-state index in [1.807, 2.05) is 11.9 Å². The molecular formula is C17H27NO2S. The van der Waals surface area contributed by atoms with Crippen molar-refractivity contribution in [2.45, 2.75) is 57.8 Å². The highest BCUT2D eigenvalue weighted by molar-refractivity contribution is 7.14. The van der Waals surface area contributed by atoms with Crippen LogP contribution in [0.5, 0.6) is 0 Å². The Morgan fingerprint density at radius 1 is 1.19 bits per heavy atom. The fourth-order valence-corrected chi connectivity index (χ4v) is 4.13. The molecule has 1 aromatic rings. The van der Waals surface area contributed by atoms with Gasteiger partial charge in [0.05, 0.1) is 4.88 Å². The predicted octanol–water partition coefficient (Wildman–Crippen LogP) is 3.64. The molecule has 1 aliphatic rings. The monoisotopic (exact) mass is 309 g/mol. The first-order chi connectivity index (χ1) is 10.2. The van der Waals surface area contributed by atoms with Gasteiger partial charge in [0.15, 0.2) is 0 Å². The summed E-state index contributed by atoms with van der Waals surface area (Å²) < 4.78 is 0. The molecule has 21 heavy (non-hydrogen) atoms. The lowest BCUT2D eigenvalue weighted by atomic mass is 10.00. The summed E-state index contributed by atoms with van der Waals surface area (Å²) in [6.07, 6.45) is 10.2. The fraction of sp³-hybridized carbons (Fsp3) is 0.706. The Morgan fingerprint density at radius 2 is 1.95 bits per heavy atom. The van der Waals surface area contributed by atoms with E-state index in [1.165, 1.54) is 36.1 Å². The van der Waals surface area contributed by atoms with Crippen LogP contribution in [-0.2, 0) is 12.8 Å². The highest BCUT2D eigenvalue weighted by Gasteiger charge is 2.18. The van der Waals surface area contributed by atoms with Crippen LogP contribution in [0.2, 0.25) is 0 Å². The number of amides is 1. The van der Waals surface area contributed by atoms with E-state index >= 15 is 0 Å². The first-order valence-electron chi connectivity index (χ1n) is 8.20. The summed E-state index contributed by atoms with van der Waals surface area (Å²) >= 11 is 1.71. The Balaban J connectivity index is 1.94. The van der Waals surface area contributed by atoms with Gasteiger partial charge in [-0.05, 0) is 56.6 Å². The van der Waals surface area contributed by atoms with Gasteiger partial charge in [-0.2, -0.15) is 0 Å². The van der Waals surface area contributed by atoms with E-state index < -0.39 is 0 Å². The van der Waals surface area contributed by atoms with Crippen LogP contribution in [0.25, 0.3) is 0 Å². The Kier molecular flexibility index (Phi) is 6.71. The van der Waals surface area contributed by atoms with Crippen LogP contribution in [-0.4, -0.2) is 36.1 Å². The molecule has 3 nitrogen and oxygen atoms in total. The fourth-order valence-electron chi connectivity index (χ4n) is 2.88. The second kappa shape index (κ2) is 8.54. The highest BCUT2D eigenvalue weighted by Crippen LogP contribution is 2.29. The van der Waals surface area contributed by atoms with E-state index in [-0.39, 0.29) is 12.5 Å². The Bertz CT molecular complexity index is 430. The second-order valence-corrected chi connectivity index (χ2v) is 7.12. The minimum absolute atomic E-state index is 0.163. The summed E-state index contributed by atoms with van der Waals surface area (Å²) in [7, 11) is 1.89. The summed E-state index contributed by atoms with van der Waals surface area (Å²) in [4.78, 5) is 16.7. The Morgan fingerprint density at radius 3 is 2.71 bits per heavy atom. The lowest BCUT2D eigenvalue weighted by molar-refractivity contribution is 0.0797. The van der Waals surface area contributed by atoms with Gasteiger partial charge in [0.25, 0.3) is 5.91 Å². The molecule has 1 amide bonds. The molecule has 0 aromatic carbocycles. The summed E-state index contributed by atoms with van der Waals surface area (Å²) in [5.74, 6) is 0.163. The minimum atomic E-state index is 0.163. The third-order valence-electron chi connectivity index (χ3n) is 4.21. The normalized spacial score (nSPS) is 15.1. The standard InChI is InChI=1S/C17H27NO2S/c1-18(11-7-4-8-12-19)17(20)16-13-14-9-5-2-3-6-10-15(14)21-16/h13,19H,2-12H2,1H3. The van der Waals surface area contributed by atoms with Gasteiger partial charge in [0.1, 0.15) is 0 Å². The molecule has 1 N–H and O–H groups in total. The van der Waals surface area contributed by atoms with Crippen LogP contribution in [0.4, 0.5) is 0 Å². The molecule has 0 radical (unpaired) electrons. The van der Waals surface area contributed by atoms with Crippen molar-refractivity contribution in [3.05, 3.63) is 21.4 Å². The van der Waals surface area contributed by atoms with E-state index in [0.29, 0.717) is 0 Å². The summed E-state index contributed by atoms with van der Waals surface area (Å²) in [5.41, 5.74) is 1.41. The van der Waals surface area contributed by atoms with Gasteiger partial charge in [-0.1, -0.05) is 12.8 Å². The van der Waals surface area contributed by atoms with E-state index in [9.17, 15) is 4.79 Å². The molecule has 0 fully saturated rings. The maximum Gasteiger partial charge on any atom is 0.263 e. The van der Waals surface area contributed by atoms with Gasteiger partial charge in [-0.3, -0.25) is 4.79 Å². The van der Waals surface area contributed by atoms with Crippen LogP contribution < -0.4 is 0 Å². The zero-order valence-corrected chi connectivity index (χ0v) is 13.9. The van der Waals surface area contributed by atoms with Crippen LogP contribution in [0.1, 0.15) is 65.1 Å². The van der Waals surface area contributed by atoms with Crippen molar-refractivity contribution in [1.82, 2.24) is 4.90 Å². The molecule has 0 aliphatic heterocycles. The van der Waals surface area contributed by atoms with Gasteiger partial charge in [0.2, 0.25) is 0 Å². The van der Waals surface area contributed by atoms with Gasteiger partial charge in [0, 0.05) is 25.1 Å². The molecule has 0 atom stereocenters. The topological polar surface area (TPSA) is 40.5 Å². The molecule has 1 aromatic heterocycles. The number of aliphatic hydroxyl groups is 1. The van der Waals surface area contributed by atoms with E-state index in [1.54, 1.807) is 11.3 Å². The maximum absolute atomic E-state index is 12.5. The zero-order chi connectivity index (χ0) is 15.1. The third-order valence-corrected chi connectivity index (χ3v) is 5.43. The number of aliphatic hydroxyl groups excluding tert-OH is 1. The van der Waals surface area contributed by atoms with Gasteiger partial charge < -0.3 is 10.0 Å². The predicted molar refractivity (Wildman–Crippen MR) is 88.1 cm³/mol. The largest absolute Gasteiger partial charge is 0.396 e. The highest BCUT2D eigenvalue weighted by atomic mass is 32.1. The Labute approximate surface area is 132 Å². The molecule has 1 aliphatic carbocycles. The third kappa shape index (κ3) is 4.82. The minimum Gasteiger partial charge on any atom is -0.396 e. The summed E-state index contributed by atoms with van der Waals surface area (Å²) in [5, 5.41) is 8.78. The lowest BCUT2D eigenvalue weighted by Gasteiger charge is -2.15. The van der Waals surface area contributed by atoms with Crippen molar-refractivity contribution in [3.8, 4) is 0 Å². The number of fused-ring (bicyclic) bond motifs is 1.